The van der Waals surface area contributed by atoms with Gasteiger partial charge in [-0.2, -0.15) is 24.4 Å². The molecule has 3 atom stereocenters. The first-order valence-electron chi connectivity index (χ1n) is 14.1. The number of thioether (sulfide) groups is 1. The molecule has 10 heteroatoms. The Kier molecular flexibility index (Phi) is 13.5. The first kappa shape index (κ1) is 33.0. The summed E-state index contributed by atoms with van der Waals surface area (Å²) in [5.41, 5.74) is 2.91. The van der Waals surface area contributed by atoms with Gasteiger partial charge in [0.1, 0.15) is 6.04 Å². The Morgan fingerprint density at radius 2 is 1.93 bits per heavy atom. The molecule has 1 aliphatic heterocycles. The van der Waals surface area contributed by atoms with E-state index in [9.17, 15) is 14.4 Å². The second kappa shape index (κ2) is 16.8. The van der Waals surface area contributed by atoms with Gasteiger partial charge in [-0.3, -0.25) is 9.59 Å². The molecular weight excluding hydrogens is 558 g/mol. The Morgan fingerprint density at radius 3 is 2.56 bits per heavy atom. The number of rotatable bonds is 15. The number of esters is 1. The Hall–Kier alpha value is -2.53. The van der Waals surface area contributed by atoms with E-state index in [4.69, 9.17) is 9.47 Å². The van der Waals surface area contributed by atoms with Crippen LogP contribution in [0, 0.1) is 0 Å². The number of hydrogen-bond donors (Lipinski definition) is 3. The van der Waals surface area contributed by atoms with Gasteiger partial charge in [0, 0.05) is 42.7 Å². The fourth-order valence-electron chi connectivity index (χ4n) is 4.78. The van der Waals surface area contributed by atoms with Crippen LogP contribution in [-0.4, -0.2) is 80.0 Å². The monoisotopic (exact) mass is 601 g/mol. The summed E-state index contributed by atoms with van der Waals surface area (Å²) >= 11 is 6.19. The highest BCUT2D eigenvalue weighted by Crippen LogP contribution is 2.25. The van der Waals surface area contributed by atoms with Crippen molar-refractivity contribution in [2.24, 2.45) is 0 Å². The van der Waals surface area contributed by atoms with Crippen molar-refractivity contribution in [2.45, 2.75) is 63.0 Å². The van der Waals surface area contributed by atoms with Gasteiger partial charge in [0.25, 0.3) is 5.91 Å². The van der Waals surface area contributed by atoms with Crippen molar-refractivity contribution in [3.63, 3.8) is 0 Å². The van der Waals surface area contributed by atoms with Crippen molar-refractivity contribution >= 4 is 47.9 Å². The standard InChI is InChI=1S/C31H43N3O5S2/c1-21(2)39-31(37)28(13-15-41-4)33-30(36)27-18-25(11-10-23(27)16-22-8-6-5-7-9-22)34(29(35)12-14-38-3)20-24-17-26(40)19-32-24/h5-11,18,21,24,26,28,32,40H,12-17,19-20H2,1-4H3,(H,33,36). The minimum absolute atomic E-state index is 0.0863. The van der Waals surface area contributed by atoms with Crippen molar-refractivity contribution in [3.8, 4) is 0 Å². The highest BCUT2D eigenvalue weighted by Gasteiger charge is 2.28. The van der Waals surface area contributed by atoms with Crippen LogP contribution >= 0.6 is 24.4 Å². The summed E-state index contributed by atoms with van der Waals surface area (Å²) in [5, 5.41) is 6.60. The fraction of sp³-hybridized carbons (Fsp3) is 0.516. The zero-order valence-electron chi connectivity index (χ0n) is 24.4. The molecule has 0 spiro atoms. The summed E-state index contributed by atoms with van der Waals surface area (Å²) in [4.78, 5) is 41.8. The molecular formula is C31H43N3O5S2. The molecule has 2 aromatic carbocycles. The smallest absolute Gasteiger partial charge is 0.328 e. The number of carbonyl (C=O) groups excluding carboxylic acids is 3. The number of amides is 2. The van der Waals surface area contributed by atoms with Gasteiger partial charge in [-0.05, 0) is 68.4 Å². The average Bonchev–Trinajstić information content (AvgIpc) is 3.37. The van der Waals surface area contributed by atoms with Gasteiger partial charge in [-0.15, -0.1) is 0 Å². The lowest BCUT2D eigenvalue weighted by molar-refractivity contribution is -0.149. The third-order valence-corrected chi connectivity index (χ3v) is 7.90. The van der Waals surface area contributed by atoms with Gasteiger partial charge < -0.3 is 25.0 Å². The Morgan fingerprint density at radius 1 is 1.17 bits per heavy atom. The van der Waals surface area contributed by atoms with Crippen molar-refractivity contribution in [1.29, 1.82) is 0 Å². The summed E-state index contributed by atoms with van der Waals surface area (Å²) in [7, 11) is 1.57. The van der Waals surface area contributed by atoms with E-state index >= 15 is 0 Å². The van der Waals surface area contributed by atoms with Crippen LogP contribution in [0.5, 0.6) is 0 Å². The number of carbonyl (C=O) groups is 3. The topological polar surface area (TPSA) is 97.0 Å². The SMILES string of the molecule is COCCC(=O)N(CC1CC(S)CN1)c1ccc(Cc2ccccc2)c(C(=O)NC(CCSC)C(=O)OC(C)C)c1. The molecule has 0 bridgehead atoms. The number of nitrogens with one attached hydrogen (secondary N) is 2. The molecule has 1 saturated heterocycles. The molecule has 1 fully saturated rings. The average molecular weight is 602 g/mol. The highest BCUT2D eigenvalue weighted by atomic mass is 32.2. The molecule has 2 aromatic rings. The molecule has 0 aliphatic carbocycles. The lowest BCUT2D eigenvalue weighted by Gasteiger charge is -2.27. The molecule has 1 aliphatic rings. The molecule has 3 rings (SSSR count). The Labute approximate surface area is 253 Å². The van der Waals surface area contributed by atoms with Crippen LogP contribution in [0.25, 0.3) is 0 Å². The van der Waals surface area contributed by atoms with Gasteiger partial charge in [0.05, 0.1) is 19.1 Å². The maximum Gasteiger partial charge on any atom is 0.328 e. The molecule has 0 radical (unpaired) electrons. The van der Waals surface area contributed by atoms with Crippen molar-refractivity contribution < 1.29 is 23.9 Å². The van der Waals surface area contributed by atoms with Crippen molar-refractivity contribution in [1.82, 2.24) is 10.6 Å². The molecule has 3 unspecified atom stereocenters. The predicted octanol–water partition coefficient (Wildman–Crippen LogP) is 4.11. The first-order chi connectivity index (χ1) is 19.7. The van der Waals surface area contributed by atoms with E-state index in [1.165, 1.54) is 0 Å². The normalized spacial score (nSPS) is 17.3. The maximum absolute atomic E-state index is 13.9. The quantitative estimate of drug-likeness (QED) is 0.209. The molecule has 1 heterocycles. The van der Waals surface area contributed by atoms with Gasteiger partial charge >= 0.3 is 5.97 Å². The predicted molar refractivity (Wildman–Crippen MR) is 169 cm³/mol. The van der Waals surface area contributed by atoms with Crippen molar-refractivity contribution in [2.75, 3.05) is 43.7 Å². The second-order valence-electron chi connectivity index (χ2n) is 10.5. The summed E-state index contributed by atoms with van der Waals surface area (Å²) < 4.78 is 10.6. The van der Waals surface area contributed by atoms with Gasteiger partial charge in [0.15, 0.2) is 0 Å². The van der Waals surface area contributed by atoms with Gasteiger partial charge in [0.2, 0.25) is 5.91 Å². The van der Waals surface area contributed by atoms with Crippen LogP contribution < -0.4 is 15.5 Å². The zero-order chi connectivity index (χ0) is 29.8. The lowest BCUT2D eigenvalue weighted by Crippen LogP contribution is -2.43. The number of methoxy groups -OCH3 is 1. The number of nitrogens with zero attached hydrogens (tertiary/aromatic N) is 1. The second-order valence-corrected chi connectivity index (χ2v) is 12.3. The summed E-state index contributed by atoms with van der Waals surface area (Å²) in [6, 6.07) is 14.8. The molecule has 2 N–H and O–H groups in total. The van der Waals surface area contributed by atoms with Gasteiger partial charge in [-0.25, -0.2) is 4.79 Å². The molecule has 2 amide bonds. The van der Waals surface area contributed by atoms with Crippen LogP contribution in [0.1, 0.15) is 54.6 Å². The van der Waals surface area contributed by atoms with E-state index in [0.717, 1.165) is 24.1 Å². The summed E-state index contributed by atoms with van der Waals surface area (Å²) in [5.74, 6) is -0.217. The van der Waals surface area contributed by atoms with E-state index in [1.807, 2.05) is 48.7 Å². The summed E-state index contributed by atoms with van der Waals surface area (Å²) in [6.45, 7) is 5.11. The van der Waals surface area contributed by atoms with E-state index in [2.05, 4.69) is 23.3 Å². The van der Waals surface area contributed by atoms with E-state index in [1.54, 1.807) is 43.7 Å². The van der Waals surface area contributed by atoms with E-state index in [-0.39, 0.29) is 35.6 Å². The zero-order valence-corrected chi connectivity index (χ0v) is 26.1. The summed E-state index contributed by atoms with van der Waals surface area (Å²) in [6.07, 6.45) is 3.70. The van der Waals surface area contributed by atoms with E-state index < -0.39 is 12.0 Å². The van der Waals surface area contributed by atoms with E-state index in [0.29, 0.717) is 43.0 Å². The molecule has 0 saturated carbocycles. The van der Waals surface area contributed by atoms with Crippen LogP contribution in [0.2, 0.25) is 0 Å². The highest BCUT2D eigenvalue weighted by molar-refractivity contribution is 7.98. The fourth-order valence-corrected chi connectivity index (χ4v) is 5.61. The van der Waals surface area contributed by atoms with Crippen LogP contribution in [0.4, 0.5) is 5.69 Å². The third-order valence-electron chi connectivity index (χ3n) is 6.86. The maximum atomic E-state index is 13.9. The first-order valence-corrected chi connectivity index (χ1v) is 16.0. The van der Waals surface area contributed by atoms with Crippen LogP contribution in [-0.2, 0) is 25.5 Å². The minimum Gasteiger partial charge on any atom is -0.461 e. The number of thiol groups is 1. The largest absolute Gasteiger partial charge is 0.461 e. The Balaban J connectivity index is 1.98. The third kappa shape index (κ3) is 10.4. The minimum atomic E-state index is -0.778. The van der Waals surface area contributed by atoms with Gasteiger partial charge in [-0.1, -0.05) is 36.4 Å². The molecule has 0 aromatic heterocycles. The van der Waals surface area contributed by atoms with Crippen molar-refractivity contribution in [3.05, 3.63) is 65.2 Å². The molecule has 8 nitrogen and oxygen atoms in total. The Bertz CT molecular complexity index is 1150. The molecule has 41 heavy (non-hydrogen) atoms. The van der Waals surface area contributed by atoms with Crippen LogP contribution in [0.15, 0.2) is 48.5 Å². The lowest BCUT2D eigenvalue weighted by atomic mass is 9.97. The van der Waals surface area contributed by atoms with Crippen LogP contribution in [0.3, 0.4) is 0 Å². The number of hydrogen-bond acceptors (Lipinski definition) is 8. The number of anilines is 1. The number of ether oxygens (including phenoxy) is 2. The number of benzene rings is 2. The molecule has 224 valence electrons.